The lowest BCUT2D eigenvalue weighted by Crippen LogP contribution is -2.33. The summed E-state index contributed by atoms with van der Waals surface area (Å²) in [6.45, 7) is -2.67. The molecule has 1 aliphatic heterocycles. The van der Waals surface area contributed by atoms with Gasteiger partial charge in [0.15, 0.2) is 11.6 Å². The predicted octanol–water partition coefficient (Wildman–Crippen LogP) is 3.83. The smallest absolute Gasteiger partial charge is 0.387 e. The highest BCUT2D eigenvalue weighted by Gasteiger charge is 2.33. The molecule has 1 aromatic heterocycles. The molecule has 2 aromatic rings. The number of aromatic nitrogens is 1. The molecule has 2 heterocycles. The summed E-state index contributed by atoms with van der Waals surface area (Å²) in [5.74, 6) is -2.92. The van der Waals surface area contributed by atoms with Crippen LogP contribution < -0.4 is 20.8 Å². The molecule has 4 rings (SSSR count). The molecule has 0 bridgehead atoms. The van der Waals surface area contributed by atoms with Crippen LogP contribution in [0, 0.1) is 5.82 Å². The van der Waals surface area contributed by atoms with Crippen LogP contribution in [0.5, 0.6) is 5.75 Å². The molecule has 11 heteroatoms. The topological polar surface area (TPSA) is 97.8 Å². The molecular weight excluding hydrogens is 451 g/mol. The molecule has 1 aromatic carbocycles. The molecule has 0 unspecified atom stereocenters. The highest BCUT2D eigenvalue weighted by atomic mass is 35.5. The number of pyridine rings is 1. The molecule has 32 heavy (non-hydrogen) atoms. The van der Waals surface area contributed by atoms with Gasteiger partial charge in [-0.05, 0) is 37.3 Å². The molecule has 1 saturated carbocycles. The summed E-state index contributed by atoms with van der Waals surface area (Å²) in [6, 6.07) is 0.706. The first-order chi connectivity index (χ1) is 15.2. The second-order valence-corrected chi connectivity index (χ2v) is 8.32. The summed E-state index contributed by atoms with van der Waals surface area (Å²) in [7, 11) is 0. The summed E-state index contributed by atoms with van der Waals surface area (Å²) in [4.78, 5) is 25.9. The van der Waals surface area contributed by atoms with Gasteiger partial charge in [-0.3, -0.25) is 4.79 Å². The number of alkyl halides is 2. The van der Waals surface area contributed by atoms with E-state index in [4.69, 9.17) is 22.1 Å². The van der Waals surface area contributed by atoms with E-state index in [-0.39, 0.29) is 35.7 Å². The summed E-state index contributed by atoms with van der Waals surface area (Å²) in [5.41, 5.74) is 4.60. The minimum absolute atomic E-state index is 0.0415. The number of nitrogens with zero attached hydrogens (tertiary/aromatic N) is 2. The number of hydrogen-bond acceptors (Lipinski definition) is 5. The fourth-order valence-electron chi connectivity index (χ4n) is 4.16. The van der Waals surface area contributed by atoms with E-state index >= 15 is 4.39 Å². The Bertz CT molecular complexity index is 1180. The van der Waals surface area contributed by atoms with Crippen LogP contribution in [-0.2, 0) is 0 Å². The lowest BCUT2D eigenvalue weighted by atomic mass is 10.0. The van der Waals surface area contributed by atoms with E-state index in [9.17, 15) is 23.5 Å². The molecule has 3 N–H and O–H groups in total. The first-order valence-electron chi connectivity index (χ1n) is 10.1. The highest BCUT2D eigenvalue weighted by molar-refractivity contribution is 6.30. The van der Waals surface area contributed by atoms with Crippen molar-refractivity contribution >= 4 is 34.2 Å². The summed E-state index contributed by atoms with van der Waals surface area (Å²) in [6.07, 6.45) is 3.69. The van der Waals surface area contributed by atoms with E-state index in [2.05, 4.69) is 0 Å². The Labute approximate surface area is 185 Å². The van der Waals surface area contributed by atoms with Crippen molar-refractivity contribution in [1.82, 2.24) is 4.57 Å². The third-order valence-corrected chi connectivity index (χ3v) is 6.16. The molecule has 2 aliphatic rings. The van der Waals surface area contributed by atoms with Crippen LogP contribution in [0.3, 0.4) is 0 Å². The standard InChI is InChI=1S/C21H21ClF3N3O4/c22-14(7-26)10-2-1-5-27(8-10)17-15(23)6-12-16(19(17)32-21(24)25)28(11-3-4-11)9-13(18(12)29)20(30)31/h6,9,11,21H,1-5,7-8,26H2,(H,30,31)/b14-10+. The Kier molecular flexibility index (Phi) is 6.09. The van der Waals surface area contributed by atoms with E-state index in [0.29, 0.717) is 37.3 Å². The Morgan fingerprint density at radius 3 is 2.69 bits per heavy atom. The average Bonchev–Trinajstić information content (AvgIpc) is 3.58. The SMILES string of the molecule is NC/C(Cl)=C1/CCCN(c2c(F)cc3c(=O)c(C(=O)O)cn(C4CC4)c3c2OC(F)F)C1. The van der Waals surface area contributed by atoms with Crippen LogP contribution in [0.15, 0.2) is 27.7 Å². The first-order valence-corrected chi connectivity index (χ1v) is 10.5. The van der Waals surface area contributed by atoms with Gasteiger partial charge < -0.3 is 25.0 Å². The second-order valence-electron chi connectivity index (χ2n) is 7.86. The van der Waals surface area contributed by atoms with Crippen LogP contribution in [0.25, 0.3) is 10.9 Å². The Morgan fingerprint density at radius 1 is 1.38 bits per heavy atom. The number of carboxylic acids is 1. The zero-order valence-corrected chi connectivity index (χ0v) is 17.7. The number of anilines is 1. The summed E-state index contributed by atoms with van der Waals surface area (Å²) in [5, 5.41) is 9.51. The number of piperidine rings is 1. The van der Waals surface area contributed by atoms with Crippen molar-refractivity contribution in [3.63, 3.8) is 0 Å². The Morgan fingerprint density at radius 2 is 2.09 bits per heavy atom. The zero-order chi connectivity index (χ0) is 23.2. The maximum absolute atomic E-state index is 15.4. The molecule has 0 radical (unpaired) electrons. The van der Waals surface area contributed by atoms with Crippen molar-refractivity contribution in [2.24, 2.45) is 5.73 Å². The van der Waals surface area contributed by atoms with Gasteiger partial charge in [0, 0.05) is 36.9 Å². The molecule has 172 valence electrons. The van der Waals surface area contributed by atoms with Gasteiger partial charge in [0.2, 0.25) is 5.43 Å². The zero-order valence-electron chi connectivity index (χ0n) is 16.9. The van der Waals surface area contributed by atoms with Gasteiger partial charge in [-0.2, -0.15) is 8.78 Å². The summed E-state index contributed by atoms with van der Waals surface area (Å²) >= 11 is 6.18. The van der Waals surface area contributed by atoms with Gasteiger partial charge in [-0.15, -0.1) is 0 Å². The maximum atomic E-state index is 15.4. The van der Waals surface area contributed by atoms with Crippen molar-refractivity contribution in [3.8, 4) is 5.75 Å². The van der Waals surface area contributed by atoms with Crippen LogP contribution in [0.4, 0.5) is 18.9 Å². The third-order valence-electron chi connectivity index (χ3n) is 5.74. The maximum Gasteiger partial charge on any atom is 0.387 e. The van der Waals surface area contributed by atoms with Crippen LogP contribution in [-0.4, -0.2) is 41.9 Å². The minimum Gasteiger partial charge on any atom is -0.477 e. The number of nitrogens with two attached hydrogens (primary N) is 1. The molecule has 1 saturated heterocycles. The van der Waals surface area contributed by atoms with Gasteiger partial charge >= 0.3 is 12.6 Å². The quantitative estimate of drug-likeness (QED) is 0.664. The van der Waals surface area contributed by atoms with Crippen LogP contribution >= 0.6 is 11.6 Å². The molecule has 0 spiro atoms. The van der Waals surface area contributed by atoms with Gasteiger partial charge in [-0.1, -0.05) is 11.6 Å². The van der Waals surface area contributed by atoms with E-state index in [1.807, 2.05) is 0 Å². The number of carbonyl (C=O) groups is 1. The molecule has 7 nitrogen and oxygen atoms in total. The first kappa shape index (κ1) is 22.5. The van der Waals surface area contributed by atoms with Gasteiger partial charge in [-0.25, -0.2) is 9.18 Å². The van der Waals surface area contributed by atoms with Gasteiger partial charge in [0.05, 0.1) is 10.9 Å². The van der Waals surface area contributed by atoms with Crippen LogP contribution in [0.2, 0.25) is 0 Å². The lowest BCUT2D eigenvalue weighted by Gasteiger charge is -2.33. The van der Waals surface area contributed by atoms with E-state index in [1.165, 1.54) is 9.47 Å². The minimum atomic E-state index is -3.28. The largest absolute Gasteiger partial charge is 0.477 e. The monoisotopic (exact) mass is 471 g/mol. The highest BCUT2D eigenvalue weighted by Crippen LogP contribution is 2.45. The van der Waals surface area contributed by atoms with Gasteiger partial charge in [0.25, 0.3) is 0 Å². The Balaban J connectivity index is 2.01. The Hall–Kier alpha value is -2.72. The lowest BCUT2D eigenvalue weighted by molar-refractivity contribution is -0.0488. The van der Waals surface area contributed by atoms with Crippen molar-refractivity contribution in [1.29, 1.82) is 0 Å². The van der Waals surface area contributed by atoms with E-state index in [1.54, 1.807) is 0 Å². The molecule has 2 fully saturated rings. The third kappa shape index (κ3) is 4.04. The normalized spacial score (nSPS) is 18.4. The summed E-state index contributed by atoms with van der Waals surface area (Å²) < 4.78 is 48.5. The van der Waals surface area contributed by atoms with E-state index in [0.717, 1.165) is 17.8 Å². The number of halogens is 4. The number of rotatable bonds is 6. The molecule has 0 atom stereocenters. The van der Waals surface area contributed by atoms with Crippen molar-refractivity contribution in [2.75, 3.05) is 24.5 Å². The molecule has 0 amide bonds. The predicted molar refractivity (Wildman–Crippen MR) is 113 cm³/mol. The fraction of sp³-hybridized carbons (Fsp3) is 0.429. The average molecular weight is 472 g/mol. The number of fused-ring (bicyclic) bond motifs is 1. The molecule has 1 aliphatic carbocycles. The number of ether oxygens (including phenoxy) is 1. The number of aromatic carboxylic acids is 1. The van der Waals surface area contributed by atoms with Crippen molar-refractivity contribution in [3.05, 3.63) is 44.5 Å². The fourth-order valence-corrected chi connectivity index (χ4v) is 4.31. The van der Waals surface area contributed by atoms with Gasteiger partial charge in [0.1, 0.15) is 11.3 Å². The van der Waals surface area contributed by atoms with E-state index < -0.39 is 35.1 Å². The molecular formula is C21H21ClF3N3O4. The van der Waals surface area contributed by atoms with Crippen LogP contribution in [0.1, 0.15) is 42.1 Å². The van der Waals surface area contributed by atoms with Crippen molar-refractivity contribution in [2.45, 2.75) is 38.3 Å². The number of hydrogen-bond donors (Lipinski definition) is 2. The number of carboxylic acid groups (broad SMARTS) is 1. The number of benzene rings is 1. The van der Waals surface area contributed by atoms with Crippen molar-refractivity contribution < 1.29 is 27.8 Å². The second kappa shape index (κ2) is 8.67.